The molecule has 3 aromatic rings. The molecule has 0 radical (unpaired) electrons. The Hall–Kier alpha value is -4.11. The number of nitrogens with one attached hydrogen (secondary N) is 1. The van der Waals surface area contributed by atoms with Gasteiger partial charge >= 0.3 is 5.97 Å². The molecule has 1 unspecified atom stereocenters. The lowest BCUT2D eigenvalue weighted by Gasteiger charge is -2.13. The molecule has 0 saturated carbocycles. The minimum absolute atomic E-state index is 0.0742. The number of carboxylic acids is 1. The maximum atomic E-state index is 12.4. The SMILES string of the molecule is CC(NC(=O)/C(C#N)=C/c1ccc(-c2ccc(C(=O)O)cc2)o1)c1ccccc1. The van der Waals surface area contributed by atoms with Gasteiger partial charge in [-0.1, -0.05) is 42.5 Å². The first kappa shape index (κ1) is 19.6. The van der Waals surface area contributed by atoms with Crippen molar-refractivity contribution in [3.63, 3.8) is 0 Å². The maximum absolute atomic E-state index is 12.4. The number of hydrogen-bond acceptors (Lipinski definition) is 4. The number of benzene rings is 2. The monoisotopic (exact) mass is 386 g/mol. The van der Waals surface area contributed by atoms with E-state index in [9.17, 15) is 14.9 Å². The zero-order valence-corrected chi connectivity index (χ0v) is 15.6. The van der Waals surface area contributed by atoms with Gasteiger partial charge in [0.05, 0.1) is 11.6 Å². The van der Waals surface area contributed by atoms with E-state index in [0.717, 1.165) is 5.56 Å². The molecule has 0 aliphatic carbocycles. The van der Waals surface area contributed by atoms with E-state index in [1.165, 1.54) is 18.2 Å². The summed E-state index contributed by atoms with van der Waals surface area (Å²) >= 11 is 0. The zero-order valence-electron chi connectivity index (χ0n) is 15.6. The van der Waals surface area contributed by atoms with Crippen LogP contribution in [0.3, 0.4) is 0 Å². The Morgan fingerprint density at radius 3 is 2.38 bits per heavy atom. The van der Waals surface area contributed by atoms with Crippen molar-refractivity contribution >= 4 is 18.0 Å². The molecule has 3 rings (SSSR count). The summed E-state index contributed by atoms with van der Waals surface area (Å²) in [5.74, 6) is -0.647. The number of carbonyl (C=O) groups excluding carboxylic acids is 1. The Kier molecular flexibility index (Phi) is 5.91. The molecule has 1 atom stereocenters. The number of carbonyl (C=O) groups is 2. The molecule has 1 amide bonds. The summed E-state index contributed by atoms with van der Waals surface area (Å²) in [7, 11) is 0. The van der Waals surface area contributed by atoms with E-state index in [1.54, 1.807) is 24.3 Å². The van der Waals surface area contributed by atoms with E-state index >= 15 is 0 Å². The van der Waals surface area contributed by atoms with Gasteiger partial charge in [0, 0.05) is 11.6 Å². The molecule has 6 nitrogen and oxygen atoms in total. The van der Waals surface area contributed by atoms with Gasteiger partial charge in [0.1, 0.15) is 23.2 Å². The van der Waals surface area contributed by atoms with E-state index in [2.05, 4.69) is 5.32 Å². The van der Waals surface area contributed by atoms with E-state index in [1.807, 2.05) is 43.3 Å². The Morgan fingerprint density at radius 1 is 1.07 bits per heavy atom. The van der Waals surface area contributed by atoms with Crippen LogP contribution in [0.25, 0.3) is 17.4 Å². The van der Waals surface area contributed by atoms with Crippen molar-refractivity contribution in [2.24, 2.45) is 0 Å². The summed E-state index contributed by atoms with van der Waals surface area (Å²) in [4.78, 5) is 23.4. The van der Waals surface area contributed by atoms with Gasteiger partial charge in [-0.05, 0) is 36.8 Å². The van der Waals surface area contributed by atoms with Crippen LogP contribution in [0.5, 0.6) is 0 Å². The van der Waals surface area contributed by atoms with Crippen LogP contribution in [0.15, 0.2) is 76.7 Å². The third kappa shape index (κ3) is 4.79. The lowest BCUT2D eigenvalue weighted by Crippen LogP contribution is -2.27. The fourth-order valence-corrected chi connectivity index (χ4v) is 2.75. The topological polar surface area (TPSA) is 103 Å². The van der Waals surface area contributed by atoms with Gasteiger partial charge < -0.3 is 14.8 Å². The molecule has 29 heavy (non-hydrogen) atoms. The molecule has 6 heteroatoms. The van der Waals surface area contributed by atoms with Crippen molar-refractivity contribution in [2.75, 3.05) is 0 Å². The zero-order chi connectivity index (χ0) is 20.8. The molecule has 2 aromatic carbocycles. The number of aromatic carboxylic acids is 1. The van der Waals surface area contributed by atoms with Gasteiger partial charge in [-0.15, -0.1) is 0 Å². The van der Waals surface area contributed by atoms with E-state index in [4.69, 9.17) is 9.52 Å². The number of furan rings is 1. The summed E-state index contributed by atoms with van der Waals surface area (Å²) in [5, 5.41) is 21.1. The largest absolute Gasteiger partial charge is 0.478 e. The highest BCUT2D eigenvalue weighted by Gasteiger charge is 2.15. The maximum Gasteiger partial charge on any atom is 0.335 e. The van der Waals surface area contributed by atoms with Crippen LogP contribution < -0.4 is 5.32 Å². The van der Waals surface area contributed by atoms with Crippen molar-refractivity contribution in [3.05, 3.63) is 89.2 Å². The molecule has 2 N–H and O–H groups in total. The van der Waals surface area contributed by atoms with Gasteiger partial charge in [0.15, 0.2) is 0 Å². The Morgan fingerprint density at radius 2 is 1.76 bits per heavy atom. The quantitative estimate of drug-likeness (QED) is 0.482. The predicted octanol–water partition coefficient (Wildman–Crippen LogP) is 4.43. The van der Waals surface area contributed by atoms with Crippen LogP contribution in [0.1, 0.15) is 34.6 Å². The van der Waals surface area contributed by atoms with Crippen LogP contribution in [-0.4, -0.2) is 17.0 Å². The molecule has 0 aliphatic rings. The minimum atomic E-state index is -1.01. The molecule has 1 heterocycles. The second kappa shape index (κ2) is 8.72. The van der Waals surface area contributed by atoms with E-state index < -0.39 is 11.9 Å². The first-order valence-electron chi connectivity index (χ1n) is 8.89. The Balaban J connectivity index is 1.75. The predicted molar refractivity (Wildman–Crippen MR) is 108 cm³/mol. The molecule has 0 saturated heterocycles. The summed E-state index contributed by atoms with van der Waals surface area (Å²) in [5.41, 5.74) is 1.73. The smallest absolute Gasteiger partial charge is 0.335 e. The molecule has 0 fully saturated rings. The van der Waals surface area contributed by atoms with Gasteiger partial charge in [-0.2, -0.15) is 5.26 Å². The van der Waals surface area contributed by atoms with Crippen molar-refractivity contribution in [1.29, 1.82) is 5.26 Å². The second-order valence-electron chi connectivity index (χ2n) is 6.36. The van der Waals surface area contributed by atoms with Gasteiger partial charge in [0.2, 0.25) is 0 Å². The Bertz CT molecular complexity index is 1090. The van der Waals surface area contributed by atoms with Crippen molar-refractivity contribution in [2.45, 2.75) is 13.0 Å². The Labute approximate surface area is 167 Å². The van der Waals surface area contributed by atoms with E-state index in [0.29, 0.717) is 17.1 Å². The summed E-state index contributed by atoms with van der Waals surface area (Å²) in [6.45, 7) is 1.84. The molecule has 1 aromatic heterocycles. The highest BCUT2D eigenvalue weighted by molar-refractivity contribution is 6.01. The standard InChI is InChI=1S/C23H18N2O4/c1-15(16-5-3-2-4-6-16)25-22(26)19(14-24)13-20-11-12-21(29-20)17-7-9-18(10-8-17)23(27)28/h2-13,15H,1H3,(H,25,26)(H,27,28)/b19-13+. The van der Waals surface area contributed by atoms with Crippen LogP contribution >= 0.6 is 0 Å². The second-order valence-corrected chi connectivity index (χ2v) is 6.36. The highest BCUT2D eigenvalue weighted by Crippen LogP contribution is 2.24. The normalized spacial score (nSPS) is 12.1. The van der Waals surface area contributed by atoms with Crippen LogP contribution in [0.4, 0.5) is 0 Å². The van der Waals surface area contributed by atoms with Crippen molar-refractivity contribution in [1.82, 2.24) is 5.32 Å². The summed E-state index contributed by atoms with van der Waals surface area (Å²) in [6, 6.07) is 20.7. The van der Waals surface area contributed by atoms with Crippen LogP contribution in [0, 0.1) is 11.3 Å². The molecular formula is C23H18N2O4. The van der Waals surface area contributed by atoms with Gasteiger partial charge in [-0.3, -0.25) is 4.79 Å². The van der Waals surface area contributed by atoms with Gasteiger partial charge in [-0.25, -0.2) is 4.79 Å². The molecule has 144 valence electrons. The highest BCUT2D eigenvalue weighted by atomic mass is 16.4. The van der Waals surface area contributed by atoms with E-state index in [-0.39, 0.29) is 17.2 Å². The third-order valence-electron chi connectivity index (χ3n) is 4.34. The number of carboxylic acid groups (broad SMARTS) is 1. The molecule has 0 spiro atoms. The van der Waals surface area contributed by atoms with Crippen molar-refractivity contribution in [3.8, 4) is 17.4 Å². The number of hydrogen-bond donors (Lipinski definition) is 2. The number of rotatable bonds is 6. The summed E-state index contributed by atoms with van der Waals surface area (Å²) in [6.07, 6.45) is 1.38. The van der Waals surface area contributed by atoms with Gasteiger partial charge in [0.25, 0.3) is 5.91 Å². The minimum Gasteiger partial charge on any atom is -0.478 e. The van der Waals surface area contributed by atoms with Crippen LogP contribution in [-0.2, 0) is 4.79 Å². The lowest BCUT2D eigenvalue weighted by molar-refractivity contribution is -0.117. The third-order valence-corrected chi connectivity index (χ3v) is 4.34. The number of nitriles is 1. The number of nitrogens with zero attached hydrogens (tertiary/aromatic N) is 1. The number of amides is 1. The first-order chi connectivity index (χ1) is 14.0. The average Bonchev–Trinajstić information content (AvgIpc) is 3.21. The molecule has 0 aliphatic heterocycles. The fourth-order valence-electron chi connectivity index (χ4n) is 2.75. The summed E-state index contributed by atoms with van der Waals surface area (Å²) < 4.78 is 5.69. The molecular weight excluding hydrogens is 368 g/mol. The average molecular weight is 386 g/mol. The van der Waals surface area contributed by atoms with Crippen molar-refractivity contribution < 1.29 is 19.1 Å². The lowest BCUT2D eigenvalue weighted by atomic mass is 10.1. The fraction of sp³-hybridized carbons (Fsp3) is 0.0870. The molecule has 0 bridgehead atoms. The first-order valence-corrected chi connectivity index (χ1v) is 8.89. The van der Waals surface area contributed by atoms with Crippen LogP contribution in [0.2, 0.25) is 0 Å².